The number of nitrogens with two attached hydrogens (primary N) is 1. The minimum atomic E-state index is 0.0218. The second-order valence-electron chi connectivity index (χ2n) is 3.67. The van der Waals surface area contributed by atoms with Crippen molar-refractivity contribution in [3.05, 3.63) is 12.4 Å². The Labute approximate surface area is 98.2 Å². The highest BCUT2D eigenvalue weighted by atomic mass is 16.5. The zero-order valence-corrected chi connectivity index (χ0v) is 9.58. The number of nitrogens with zero attached hydrogens (tertiary/aromatic N) is 5. The maximum Gasteiger partial charge on any atom is 0.199 e. The summed E-state index contributed by atoms with van der Waals surface area (Å²) in [5.41, 5.74) is 6.42. The highest BCUT2D eigenvalue weighted by Gasteiger charge is 2.05. The summed E-state index contributed by atoms with van der Waals surface area (Å²) in [6, 6.07) is 0.0218. The first-order chi connectivity index (χ1) is 8.31. The number of hydrogen-bond acceptors (Lipinski definition) is 7. The van der Waals surface area contributed by atoms with Crippen LogP contribution in [0.4, 0.5) is 5.82 Å². The average molecular weight is 237 g/mol. The summed E-state index contributed by atoms with van der Waals surface area (Å²) in [4.78, 5) is 4.04. The van der Waals surface area contributed by atoms with Crippen LogP contribution in [0.15, 0.2) is 12.4 Å². The van der Waals surface area contributed by atoms with E-state index < -0.39 is 0 Å². The Morgan fingerprint density at radius 3 is 3.24 bits per heavy atom. The molecular formula is C9H15N7O. The van der Waals surface area contributed by atoms with E-state index in [-0.39, 0.29) is 6.04 Å². The van der Waals surface area contributed by atoms with Crippen molar-refractivity contribution in [3.63, 3.8) is 0 Å². The molecule has 8 nitrogen and oxygen atoms in total. The third kappa shape index (κ3) is 2.86. The quantitative estimate of drug-likeness (QED) is 0.684. The van der Waals surface area contributed by atoms with Crippen molar-refractivity contribution in [2.75, 3.05) is 25.6 Å². The predicted molar refractivity (Wildman–Crippen MR) is 61.5 cm³/mol. The molecule has 17 heavy (non-hydrogen) atoms. The summed E-state index contributed by atoms with van der Waals surface area (Å²) in [5, 5.41) is 14.4. The standard InChI is InChI=1S/C9H15N7O/c1-17-6-7(10)2-3-12-8-4-11-5-9-13-14-15-16(8)9/h4-5,7,12H,2-3,6,10H2,1H3. The van der Waals surface area contributed by atoms with Crippen LogP contribution >= 0.6 is 0 Å². The van der Waals surface area contributed by atoms with E-state index in [1.54, 1.807) is 24.0 Å². The highest BCUT2D eigenvalue weighted by Crippen LogP contribution is 2.05. The summed E-state index contributed by atoms with van der Waals surface area (Å²) in [5.74, 6) is 0.747. The zero-order valence-electron chi connectivity index (χ0n) is 9.58. The molecule has 92 valence electrons. The van der Waals surface area contributed by atoms with E-state index in [0.29, 0.717) is 18.8 Å². The molecule has 0 saturated heterocycles. The van der Waals surface area contributed by atoms with E-state index >= 15 is 0 Å². The molecule has 0 radical (unpaired) electrons. The van der Waals surface area contributed by atoms with Gasteiger partial charge in [-0.15, -0.1) is 5.10 Å². The monoisotopic (exact) mass is 237 g/mol. The number of aromatic nitrogens is 5. The van der Waals surface area contributed by atoms with Gasteiger partial charge in [-0.2, -0.15) is 4.52 Å². The molecule has 2 aromatic rings. The molecule has 0 bridgehead atoms. The topological polar surface area (TPSA) is 103 Å². The fourth-order valence-corrected chi connectivity index (χ4v) is 1.48. The first-order valence-corrected chi connectivity index (χ1v) is 5.31. The van der Waals surface area contributed by atoms with Gasteiger partial charge in [0.15, 0.2) is 5.65 Å². The zero-order chi connectivity index (χ0) is 12.1. The molecule has 1 unspecified atom stereocenters. The molecule has 0 aromatic carbocycles. The van der Waals surface area contributed by atoms with Gasteiger partial charge in [0, 0.05) is 19.7 Å². The van der Waals surface area contributed by atoms with Gasteiger partial charge in [-0.1, -0.05) is 0 Å². The van der Waals surface area contributed by atoms with Crippen molar-refractivity contribution in [1.29, 1.82) is 0 Å². The van der Waals surface area contributed by atoms with Crippen molar-refractivity contribution in [1.82, 2.24) is 25.0 Å². The molecule has 0 amide bonds. The lowest BCUT2D eigenvalue weighted by atomic mass is 10.2. The number of tetrazole rings is 1. The van der Waals surface area contributed by atoms with Crippen LogP contribution in [-0.2, 0) is 4.74 Å². The van der Waals surface area contributed by atoms with Crippen LogP contribution in [0.5, 0.6) is 0 Å². The number of hydrogen-bond donors (Lipinski definition) is 2. The normalized spacial score (nSPS) is 12.8. The third-order valence-electron chi connectivity index (χ3n) is 2.31. The largest absolute Gasteiger partial charge is 0.383 e. The lowest BCUT2D eigenvalue weighted by Crippen LogP contribution is -2.28. The number of fused-ring (bicyclic) bond motifs is 1. The van der Waals surface area contributed by atoms with E-state index in [0.717, 1.165) is 12.2 Å². The van der Waals surface area contributed by atoms with E-state index in [1.165, 1.54) is 0 Å². The van der Waals surface area contributed by atoms with Crippen LogP contribution in [-0.4, -0.2) is 51.3 Å². The average Bonchev–Trinajstić information content (AvgIpc) is 2.78. The lowest BCUT2D eigenvalue weighted by molar-refractivity contribution is 0.178. The Morgan fingerprint density at radius 1 is 1.53 bits per heavy atom. The van der Waals surface area contributed by atoms with Gasteiger partial charge in [0.25, 0.3) is 0 Å². The molecular weight excluding hydrogens is 222 g/mol. The molecule has 1 atom stereocenters. The van der Waals surface area contributed by atoms with Gasteiger partial charge in [-0.3, -0.25) is 4.98 Å². The minimum Gasteiger partial charge on any atom is -0.383 e. The summed E-state index contributed by atoms with van der Waals surface area (Å²) in [7, 11) is 1.64. The second-order valence-corrected chi connectivity index (χ2v) is 3.67. The van der Waals surface area contributed by atoms with Crippen molar-refractivity contribution in [2.45, 2.75) is 12.5 Å². The fraction of sp³-hybridized carbons (Fsp3) is 0.556. The SMILES string of the molecule is COCC(N)CCNc1cncc2nnnn12. The highest BCUT2D eigenvalue weighted by molar-refractivity contribution is 5.43. The van der Waals surface area contributed by atoms with E-state index in [9.17, 15) is 0 Å². The molecule has 0 spiro atoms. The van der Waals surface area contributed by atoms with Crippen LogP contribution in [0.25, 0.3) is 5.65 Å². The molecule has 2 aromatic heterocycles. The van der Waals surface area contributed by atoms with Crippen molar-refractivity contribution >= 4 is 11.5 Å². The summed E-state index contributed by atoms with van der Waals surface area (Å²) < 4.78 is 6.55. The molecule has 0 aliphatic heterocycles. The van der Waals surface area contributed by atoms with Crippen LogP contribution < -0.4 is 11.1 Å². The predicted octanol–water partition coefficient (Wildman–Crippen LogP) is -0.705. The Kier molecular flexibility index (Phi) is 3.78. The fourth-order valence-electron chi connectivity index (χ4n) is 1.48. The lowest BCUT2D eigenvalue weighted by Gasteiger charge is -2.11. The molecule has 0 aliphatic carbocycles. The number of ether oxygens (including phenoxy) is 1. The van der Waals surface area contributed by atoms with Crippen molar-refractivity contribution in [2.24, 2.45) is 5.73 Å². The molecule has 0 fully saturated rings. The maximum absolute atomic E-state index is 5.81. The van der Waals surface area contributed by atoms with Gasteiger partial charge in [0.2, 0.25) is 0 Å². The van der Waals surface area contributed by atoms with Gasteiger partial charge in [0.05, 0.1) is 19.0 Å². The molecule has 0 saturated carbocycles. The number of rotatable bonds is 6. The van der Waals surface area contributed by atoms with Gasteiger partial charge in [-0.25, -0.2) is 0 Å². The number of anilines is 1. The second kappa shape index (κ2) is 5.51. The molecule has 0 aliphatic rings. The summed E-state index contributed by atoms with van der Waals surface area (Å²) in [6.45, 7) is 1.26. The summed E-state index contributed by atoms with van der Waals surface area (Å²) in [6.07, 6.45) is 4.07. The third-order valence-corrected chi connectivity index (χ3v) is 2.31. The van der Waals surface area contributed by atoms with Crippen LogP contribution in [0.2, 0.25) is 0 Å². The van der Waals surface area contributed by atoms with Crippen molar-refractivity contribution < 1.29 is 4.74 Å². The Balaban J connectivity index is 1.92. The van der Waals surface area contributed by atoms with Gasteiger partial charge in [-0.05, 0) is 16.8 Å². The number of nitrogens with one attached hydrogen (secondary N) is 1. The molecule has 8 heteroatoms. The van der Waals surface area contributed by atoms with Gasteiger partial charge in [0.1, 0.15) is 5.82 Å². The minimum absolute atomic E-state index is 0.0218. The molecule has 2 rings (SSSR count). The summed E-state index contributed by atoms with van der Waals surface area (Å²) >= 11 is 0. The van der Waals surface area contributed by atoms with Gasteiger partial charge >= 0.3 is 0 Å². The van der Waals surface area contributed by atoms with E-state index in [1.807, 2.05) is 0 Å². The first kappa shape index (κ1) is 11.7. The van der Waals surface area contributed by atoms with Crippen LogP contribution in [0.3, 0.4) is 0 Å². The number of methoxy groups -OCH3 is 1. The Morgan fingerprint density at radius 2 is 2.41 bits per heavy atom. The molecule has 2 heterocycles. The van der Waals surface area contributed by atoms with Gasteiger partial charge < -0.3 is 15.8 Å². The van der Waals surface area contributed by atoms with E-state index in [2.05, 4.69) is 25.8 Å². The van der Waals surface area contributed by atoms with Crippen LogP contribution in [0.1, 0.15) is 6.42 Å². The first-order valence-electron chi connectivity index (χ1n) is 5.31. The van der Waals surface area contributed by atoms with Crippen LogP contribution in [0, 0.1) is 0 Å². The maximum atomic E-state index is 5.81. The van der Waals surface area contributed by atoms with Crippen molar-refractivity contribution in [3.8, 4) is 0 Å². The smallest absolute Gasteiger partial charge is 0.199 e. The molecule has 3 N–H and O–H groups in total. The van der Waals surface area contributed by atoms with E-state index in [4.69, 9.17) is 10.5 Å². The Hall–Kier alpha value is -1.80. The Bertz CT molecular complexity index is 471.